The van der Waals surface area contributed by atoms with Crippen LogP contribution in [-0.4, -0.2) is 9.36 Å². The lowest BCUT2D eigenvalue weighted by molar-refractivity contribution is 0.214. The van der Waals surface area contributed by atoms with Gasteiger partial charge in [-0.3, -0.25) is 9.48 Å². The second-order valence-electron chi connectivity index (χ2n) is 8.89. The van der Waals surface area contributed by atoms with Crippen LogP contribution in [0.4, 0.5) is 0 Å². The summed E-state index contributed by atoms with van der Waals surface area (Å²) < 4.78 is 4.35. The van der Waals surface area contributed by atoms with Crippen LogP contribution in [-0.2, 0) is 12.0 Å². The molecule has 3 nitrogen and oxygen atoms in total. The number of benzene rings is 1. The number of hydrogen-bond donors (Lipinski definition) is 0. The van der Waals surface area contributed by atoms with Crippen LogP contribution in [0.3, 0.4) is 0 Å². The maximum absolute atomic E-state index is 13.4. The van der Waals surface area contributed by atoms with E-state index in [1.165, 1.54) is 25.0 Å². The monoisotopic (exact) mass is 322 g/mol. The summed E-state index contributed by atoms with van der Waals surface area (Å²) in [5.41, 5.74) is 4.04. The third kappa shape index (κ3) is 1.61. The largest absolute Gasteiger partial charge is 0.281 e. The average molecular weight is 322 g/mol. The highest BCUT2D eigenvalue weighted by molar-refractivity contribution is 5.47. The predicted molar refractivity (Wildman–Crippen MR) is 95.9 cm³/mol. The van der Waals surface area contributed by atoms with Gasteiger partial charge >= 0.3 is 0 Å². The molecule has 3 aliphatic carbocycles. The Balaban J connectivity index is 1.81. The molecule has 0 N–H and O–H groups in total. The molecule has 24 heavy (non-hydrogen) atoms. The van der Waals surface area contributed by atoms with Crippen molar-refractivity contribution >= 4 is 0 Å². The number of nitrogens with zero attached hydrogens (tertiary/aromatic N) is 2. The van der Waals surface area contributed by atoms with Gasteiger partial charge in [0.1, 0.15) is 0 Å². The van der Waals surface area contributed by atoms with E-state index in [0.717, 1.165) is 30.1 Å². The highest BCUT2D eigenvalue weighted by Crippen LogP contribution is 2.67. The van der Waals surface area contributed by atoms with E-state index in [-0.39, 0.29) is 16.4 Å². The molecule has 2 aromatic rings. The fourth-order valence-electron chi connectivity index (χ4n) is 5.43. The first-order chi connectivity index (χ1) is 11.4. The second-order valence-corrected chi connectivity index (χ2v) is 8.89. The van der Waals surface area contributed by atoms with Gasteiger partial charge in [0.15, 0.2) is 0 Å². The van der Waals surface area contributed by atoms with Crippen LogP contribution in [0.25, 0.3) is 5.69 Å². The van der Waals surface area contributed by atoms with Crippen molar-refractivity contribution in [1.82, 2.24) is 9.36 Å². The molecule has 2 saturated carbocycles. The van der Waals surface area contributed by atoms with Crippen LogP contribution in [0.5, 0.6) is 0 Å². The number of hydrogen-bond acceptors (Lipinski definition) is 1. The first-order valence-electron chi connectivity index (χ1n) is 9.37. The Kier molecular flexibility index (Phi) is 2.69. The predicted octanol–water partition coefficient (Wildman–Crippen LogP) is 4.22. The molecule has 0 aliphatic heterocycles. The number of fused-ring (bicyclic) bond motifs is 5. The van der Waals surface area contributed by atoms with Gasteiger partial charge in [0.2, 0.25) is 0 Å². The van der Waals surface area contributed by atoms with Crippen LogP contribution in [0.1, 0.15) is 63.6 Å². The van der Waals surface area contributed by atoms with Crippen molar-refractivity contribution in [1.29, 1.82) is 0 Å². The van der Waals surface area contributed by atoms with E-state index in [0.29, 0.717) is 5.92 Å². The molecule has 1 heterocycles. The zero-order valence-corrected chi connectivity index (χ0v) is 14.9. The van der Waals surface area contributed by atoms with E-state index in [9.17, 15) is 4.79 Å². The first-order valence-corrected chi connectivity index (χ1v) is 9.37. The number of aromatic nitrogens is 2. The highest BCUT2D eigenvalue weighted by Gasteiger charge is 2.63. The van der Waals surface area contributed by atoms with Gasteiger partial charge in [0.05, 0.1) is 11.4 Å². The molecule has 2 bridgehead atoms. The first kappa shape index (κ1) is 14.6. The number of para-hydroxylation sites is 1. The van der Waals surface area contributed by atoms with Crippen molar-refractivity contribution in [2.75, 3.05) is 0 Å². The zero-order valence-electron chi connectivity index (χ0n) is 14.9. The van der Waals surface area contributed by atoms with Crippen molar-refractivity contribution in [3.8, 4) is 5.69 Å². The summed E-state index contributed by atoms with van der Waals surface area (Å²) in [6, 6.07) is 10.2. The zero-order chi connectivity index (χ0) is 16.7. The molecular weight excluding hydrogens is 296 g/mol. The molecule has 1 aromatic heterocycles. The smallest absolute Gasteiger partial charge is 0.275 e. The highest BCUT2D eigenvalue weighted by atomic mass is 16.1. The Labute approximate surface area is 143 Å². The van der Waals surface area contributed by atoms with Crippen LogP contribution < -0.4 is 5.56 Å². The van der Waals surface area contributed by atoms with E-state index in [2.05, 4.69) is 37.6 Å². The fraction of sp³-hybridized carbons (Fsp3) is 0.571. The van der Waals surface area contributed by atoms with Gasteiger partial charge in [-0.05, 0) is 55.1 Å². The third-order valence-electron chi connectivity index (χ3n) is 7.40. The molecule has 0 unspecified atom stereocenters. The van der Waals surface area contributed by atoms with E-state index >= 15 is 0 Å². The molecule has 0 spiro atoms. The Morgan fingerprint density at radius 2 is 1.79 bits per heavy atom. The molecule has 1 aromatic carbocycles. The Bertz CT molecular complexity index is 869. The van der Waals surface area contributed by atoms with Crippen molar-refractivity contribution in [3.05, 3.63) is 51.9 Å². The molecule has 126 valence electrons. The van der Waals surface area contributed by atoms with Crippen molar-refractivity contribution in [2.24, 2.45) is 11.3 Å². The van der Waals surface area contributed by atoms with Gasteiger partial charge in [-0.15, -0.1) is 0 Å². The van der Waals surface area contributed by atoms with Gasteiger partial charge in [-0.25, -0.2) is 4.68 Å². The van der Waals surface area contributed by atoms with Crippen molar-refractivity contribution in [3.63, 3.8) is 0 Å². The quantitative estimate of drug-likeness (QED) is 0.831. The Morgan fingerprint density at radius 1 is 1.08 bits per heavy atom. The normalized spacial score (nSPS) is 29.9. The van der Waals surface area contributed by atoms with Gasteiger partial charge in [-0.2, -0.15) is 0 Å². The summed E-state index contributed by atoms with van der Waals surface area (Å²) in [5.74, 6) is 1.17. The minimum Gasteiger partial charge on any atom is -0.281 e. The lowest BCUT2D eigenvalue weighted by Gasteiger charge is -2.36. The summed E-state index contributed by atoms with van der Waals surface area (Å²) in [4.78, 5) is 13.4. The summed E-state index contributed by atoms with van der Waals surface area (Å²) in [7, 11) is 0. The molecule has 0 amide bonds. The fourth-order valence-corrected chi connectivity index (χ4v) is 5.43. The molecule has 0 saturated heterocycles. The third-order valence-corrected chi connectivity index (χ3v) is 7.40. The van der Waals surface area contributed by atoms with Gasteiger partial charge < -0.3 is 0 Å². The van der Waals surface area contributed by atoms with E-state index in [1.54, 1.807) is 0 Å². The van der Waals surface area contributed by atoms with Gasteiger partial charge in [0.25, 0.3) is 5.56 Å². The Hall–Kier alpha value is -1.77. The van der Waals surface area contributed by atoms with E-state index in [1.807, 2.05) is 22.9 Å². The summed E-state index contributed by atoms with van der Waals surface area (Å²) in [6.45, 7) is 8.14. The molecule has 3 aliphatic rings. The Morgan fingerprint density at radius 3 is 2.46 bits per heavy atom. The summed E-state index contributed by atoms with van der Waals surface area (Å²) in [6.07, 6.45) is 4.98. The molecule has 2 atom stereocenters. The van der Waals surface area contributed by atoms with Gasteiger partial charge in [0, 0.05) is 17.5 Å². The van der Waals surface area contributed by atoms with E-state index in [4.69, 9.17) is 0 Å². The van der Waals surface area contributed by atoms with Crippen LogP contribution in [0.2, 0.25) is 0 Å². The van der Waals surface area contributed by atoms with Crippen molar-refractivity contribution in [2.45, 2.75) is 64.3 Å². The second kappa shape index (κ2) is 4.44. The standard InChI is InChI=1S/C21H26N2O/c1-20(2)16-11-12-21(20,3)18-17(16)19(24)23(15-7-5-4-6-8-15)22(18)13-14-9-10-14/h4-8,14,16H,9-13H2,1-3H3/t16-,21+/m0/s1. The average Bonchev–Trinajstić information content (AvgIpc) is 3.25. The maximum atomic E-state index is 13.4. The van der Waals surface area contributed by atoms with E-state index < -0.39 is 0 Å². The topological polar surface area (TPSA) is 26.9 Å². The lowest BCUT2D eigenvalue weighted by atomic mass is 9.70. The molecule has 2 fully saturated rings. The summed E-state index contributed by atoms with van der Waals surface area (Å²) in [5, 5.41) is 0. The number of rotatable bonds is 3. The minimum atomic E-state index is 0.126. The molecular formula is C21H26N2O. The molecule has 3 heteroatoms. The lowest BCUT2D eigenvalue weighted by Crippen LogP contribution is -2.36. The molecule has 0 radical (unpaired) electrons. The van der Waals surface area contributed by atoms with Crippen molar-refractivity contribution < 1.29 is 0 Å². The minimum absolute atomic E-state index is 0.126. The van der Waals surface area contributed by atoms with Crippen LogP contribution >= 0.6 is 0 Å². The van der Waals surface area contributed by atoms with Crippen LogP contribution in [0, 0.1) is 11.3 Å². The SMILES string of the molecule is CC1(C)[C@H]2CC[C@]1(C)c1c2c(=O)n(-c2ccccc2)n1CC1CC1. The van der Waals surface area contributed by atoms with Crippen LogP contribution in [0.15, 0.2) is 35.1 Å². The van der Waals surface area contributed by atoms with Gasteiger partial charge in [-0.1, -0.05) is 39.0 Å². The maximum Gasteiger partial charge on any atom is 0.275 e. The molecule has 5 rings (SSSR count). The summed E-state index contributed by atoms with van der Waals surface area (Å²) >= 11 is 0.